The molecule has 0 saturated carbocycles. The first kappa shape index (κ1) is 12.9. The van der Waals surface area contributed by atoms with Crippen LogP contribution in [0.3, 0.4) is 0 Å². The van der Waals surface area contributed by atoms with Gasteiger partial charge in [-0.3, -0.25) is 4.79 Å². The number of anilines is 1. The van der Waals surface area contributed by atoms with Gasteiger partial charge < -0.3 is 4.90 Å². The van der Waals surface area contributed by atoms with E-state index in [0.717, 1.165) is 18.7 Å². The SMILES string of the molecule is CCN1C(=O)CC(Cc2ccccc2)c2ccccc21. The Hall–Kier alpha value is -2.09. The second-order valence-corrected chi connectivity index (χ2v) is 5.29. The summed E-state index contributed by atoms with van der Waals surface area (Å²) < 4.78 is 0. The van der Waals surface area contributed by atoms with Crippen molar-refractivity contribution in [1.82, 2.24) is 0 Å². The van der Waals surface area contributed by atoms with Crippen molar-refractivity contribution < 1.29 is 4.79 Å². The molecule has 0 N–H and O–H groups in total. The second kappa shape index (κ2) is 5.49. The molecule has 0 spiro atoms. The number of rotatable bonds is 3. The molecule has 1 atom stereocenters. The Kier molecular flexibility index (Phi) is 3.55. The molecule has 0 aliphatic carbocycles. The lowest BCUT2D eigenvalue weighted by Gasteiger charge is -2.33. The van der Waals surface area contributed by atoms with Gasteiger partial charge in [0.1, 0.15) is 0 Å². The van der Waals surface area contributed by atoms with Crippen molar-refractivity contribution in [1.29, 1.82) is 0 Å². The van der Waals surface area contributed by atoms with Gasteiger partial charge in [0.15, 0.2) is 0 Å². The summed E-state index contributed by atoms with van der Waals surface area (Å²) in [6, 6.07) is 18.7. The van der Waals surface area contributed by atoms with Crippen LogP contribution in [0, 0.1) is 0 Å². The van der Waals surface area contributed by atoms with E-state index < -0.39 is 0 Å². The van der Waals surface area contributed by atoms with E-state index >= 15 is 0 Å². The van der Waals surface area contributed by atoms with Crippen molar-refractivity contribution in [3.8, 4) is 0 Å². The third-order valence-corrected chi connectivity index (χ3v) is 4.03. The number of amides is 1. The van der Waals surface area contributed by atoms with Crippen LogP contribution in [0.4, 0.5) is 5.69 Å². The molecule has 0 bridgehead atoms. The monoisotopic (exact) mass is 265 g/mol. The Morgan fingerprint density at radius 3 is 2.50 bits per heavy atom. The maximum atomic E-state index is 12.3. The molecule has 0 saturated heterocycles. The molecule has 0 aromatic heterocycles. The number of fused-ring (bicyclic) bond motifs is 1. The van der Waals surface area contributed by atoms with E-state index in [0.29, 0.717) is 12.3 Å². The molecule has 2 aromatic carbocycles. The quantitative estimate of drug-likeness (QED) is 0.827. The van der Waals surface area contributed by atoms with Crippen molar-refractivity contribution in [3.63, 3.8) is 0 Å². The summed E-state index contributed by atoms with van der Waals surface area (Å²) in [5.74, 6) is 0.538. The summed E-state index contributed by atoms with van der Waals surface area (Å²) in [7, 11) is 0. The van der Waals surface area contributed by atoms with Gasteiger partial charge in [-0.05, 0) is 36.5 Å². The number of benzene rings is 2. The van der Waals surface area contributed by atoms with Crippen LogP contribution < -0.4 is 4.90 Å². The average molecular weight is 265 g/mol. The van der Waals surface area contributed by atoms with Gasteiger partial charge in [-0.15, -0.1) is 0 Å². The van der Waals surface area contributed by atoms with Crippen LogP contribution >= 0.6 is 0 Å². The number of hydrogen-bond donors (Lipinski definition) is 0. The third-order valence-electron chi connectivity index (χ3n) is 4.03. The molecule has 1 amide bonds. The lowest BCUT2D eigenvalue weighted by molar-refractivity contribution is -0.119. The highest BCUT2D eigenvalue weighted by molar-refractivity contribution is 5.97. The second-order valence-electron chi connectivity index (χ2n) is 5.29. The van der Waals surface area contributed by atoms with Gasteiger partial charge in [0, 0.05) is 18.7 Å². The van der Waals surface area contributed by atoms with Gasteiger partial charge in [-0.2, -0.15) is 0 Å². The van der Waals surface area contributed by atoms with Crippen molar-refractivity contribution in [3.05, 3.63) is 65.7 Å². The Balaban J connectivity index is 1.95. The molecule has 3 rings (SSSR count). The highest BCUT2D eigenvalue weighted by atomic mass is 16.2. The van der Waals surface area contributed by atoms with E-state index in [2.05, 4.69) is 42.5 Å². The van der Waals surface area contributed by atoms with Gasteiger partial charge in [0.2, 0.25) is 5.91 Å². The van der Waals surface area contributed by atoms with Crippen LogP contribution in [0.5, 0.6) is 0 Å². The average Bonchev–Trinajstić information content (AvgIpc) is 2.49. The first-order valence-corrected chi connectivity index (χ1v) is 7.22. The van der Waals surface area contributed by atoms with Crippen molar-refractivity contribution in [2.24, 2.45) is 0 Å². The van der Waals surface area contributed by atoms with Gasteiger partial charge in [0.05, 0.1) is 0 Å². The standard InChI is InChI=1S/C18H19NO/c1-2-19-17-11-7-6-10-16(17)15(13-18(19)20)12-14-8-4-3-5-9-14/h3-11,15H,2,12-13H2,1H3. The molecule has 2 heteroatoms. The zero-order valence-electron chi connectivity index (χ0n) is 11.8. The minimum atomic E-state index is 0.243. The van der Waals surface area contributed by atoms with Crippen LogP contribution in [0.15, 0.2) is 54.6 Å². The number of hydrogen-bond acceptors (Lipinski definition) is 1. The van der Waals surface area contributed by atoms with E-state index in [1.807, 2.05) is 24.0 Å². The maximum absolute atomic E-state index is 12.3. The fourth-order valence-electron chi connectivity index (χ4n) is 3.07. The topological polar surface area (TPSA) is 20.3 Å². The molecule has 0 fully saturated rings. The Bertz CT molecular complexity index is 606. The molecular formula is C18H19NO. The molecule has 1 heterocycles. The molecule has 2 aromatic rings. The third kappa shape index (κ3) is 2.34. The van der Waals surface area contributed by atoms with Crippen LogP contribution in [-0.2, 0) is 11.2 Å². The Morgan fingerprint density at radius 1 is 1.05 bits per heavy atom. The molecule has 1 aliphatic rings. The lowest BCUT2D eigenvalue weighted by Crippen LogP contribution is -2.36. The molecule has 1 unspecified atom stereocenters. The first-order valence-electron chi connectivity index (χ1n) is 7.22. The van der Waals surface area contributed by atoms with Crippen molar-refractivity contribution >= 4 is 11.6 Å². The molecular weight excluding hydrogens is 246 g/mol. The summed E-state index contributed by atoms with van der Waals surface area (Å²) in [6.45, 7) is 2.78. The molecule has 2 nitrogen and oxygen atoms in total. The fourth-order valence-corrected chi connectivity index (χ4v) is 3.07. The first-order chi connectivity index (χ1) is 9.79. The number of nitrogens with zero attached hydrogens (tertiary/aromatic N) is 1. The predicted molar refractivity (Wildman–Crippen MR) is 82.0 cm³/mol. The predicted octanol–water partition coefficient (Wildman–Crippen LogP) is 3.77. The Labute approximate surface area is 120 Å². The summed E-state index contributed by atoms with van der Waals surface area (Å²) >= 11 is 0. The largest absolute Gasteiger partial charge is 0.312 e. The summed E-state index contributed by atoms with van der Waals surface area (Å²) in [4.78, 5) is 14.2. The number of para-hydroxylation sites is 1. The highest BCUT2D eigenvalue weighted by Crippen LogP contribution is 2.37. The van der Waals surface area contributed by atoms with Crippen LogP contribution in [-0.4, -0.2) is 12.5 Å². The fraction of sp³-hybridized carbons (Fsp3) is 0.278. The van der Waals surface area contributed by atoms with Crippen LogP contribution in [0.25, 0.3) is 0 Å². The van der Waals surface area contributed by atoms with Crippen molar-refractivity contribution in [2.75, 3.05) is 11.4 Å². The van der Waals surface area contributed by atoms with E-state index in [1.54, 1.807) is 0 Å². The molecule has 20 heavy (non-hydrogen) atoms. The number of carbonyl (C=O) groups excluding carboxylic acids is 1. The summed E-state index contributed by atoms with van der Waals surface area (Å²) in [5, 5.41) is 0. The zero-order chi connectivity index (χ0) is 13.9. The minimum Gasteiger partial charge on any atom is -0.312 e. The smallest absolute Gasteiger partial charge is 0.227 e. The highest BCUT2D eigenvalue weighted by Gasteiger charge is 2.29. The van der Waals surface area contributed by atoms with Gasteiger partial charge in [-0.25, -0.2) is 0 Å². The van der Waals surface area contributed by atoms with Crippen molar-refractivity contribution in [2.45, 2.75) is 25.7 Å². The summed E-state index contributed by atoms with van der Waals surface area (Å²) in [5.41, 5.74) is 3.69. The van der Waals surface area contributed by atoms with E-state index in [-0.39, 0.29) is 5.91 Å². The lowest BCUT2D eigenvalue weighted by atomic mass is 9.85. The van der Waals surface area contributed by atoms with Crippen LogP contribution in [0.1, 0.15) is 30.4 Å². The van der Waals surface area contributed by atoms with Gasteiger partial charge in [0.25, 0.3) is 0 Å². The number of carbonyl (C=O) groups is 1. The van der Waals surface area contributed by atoms with Gasteiger partial charge in [-0.1, -0.05) is 48.5 Å². The minimum absolute atomic E-state index is 0.243. The molecule has 102 valence electrons. The zero-order valence-corrected chi connectivity index (χ0v) is 11.8. The summed E-state index contributed by atoms with van der Waals surface area (Å²) in [6.07, 6.45) is 1.54. The van der Waals surface area contributed by atoms with Gasteiger partial charge >= 0.3 is 0 Å². The van der Waals surface area contributed by atoms with Crippen LogP contribution in [0.2, 0.25) is 0 Å². The normalized spacial score (nSPS) is 17.9. The van der Waals surface area contributed by atoms with E-state index in [9.17, 15) is 4.79 Å². The molecule has 0 radical (unpaired) electrons. The molecule has 1 aliphatic heterocycles. The Morgan fingerprint density at radius 2 is 1.75 bits per heavy atom. The maximum Gasteiger partial charge on any atom is 0.227 e. The van der Waals surface area contributed by atoms with E-state index in [4.69, 9.17) is 0 Å². The van der Waals surface area contributed by atoms with E-state index in [1.165, 1.54) is 11.1 Å².